The molecule has 0 aliphatic heterocycles. The highest BCUT2D eigenvalue weighted by molar-refractivity contribution is 7.89. The van der Waals surface area contributed by atoms with Crippen LogP contribution in [0.2, 0.25) is 0 Å². The van der Waals surface area contributed by atoms with Crippen LogP contribution in [0.25, 0.3) is 11.1 Å². The van der Waals surface area contributed by atoms with Crippen LogP contribution in [0.4, 0.5) is 23.1 Å². The average molecular weight is 426 g/mol. The second kappa shape index (κ2) is 7.28. The zero-order chi connectivity index (χ0) is 21.5. The number of aryl methyl sites for hydroxylation is 2. The fourth-order valence-corrected chi connectivity index (χ4v) is 3.60. The average Bonchev–Trinajstić information content (AvgIpc) is 2.98. The number of nitrogens with one attached hydrogen (secondary N) is 2. The van der Waals surface area contributed by atoms with Gasteiger partial charge in [0.15, 0.2) is 5.58 Å². The molecule has 154 valence electrons. The largest absolute Gasteiger partial charge is 0.419 e. The maximum atomic E-state index is 11.8. The van der Waals surface area contributed by atoms with Crippen molar-refractivity contribution in [2.45, 2.75) is 11.8 Å². The number of anilines is 4. The van der Waals surface area contributed by atoms with E-state index in [9.17, 15) is 13.2 Å². The molecule has 0 radical (unpaired) electrons. The summed E-state index contributed by atoms with van der Waals surface area (Å²) in [7, 11) is -2.29. The Hall–Kier alpha value is -3.70. The van der Waals surface area contributed by atoms with Gasteiger partial charge in [0, 0.05) is 24.5 Å². The third-order valence-corrected chi connectivity index (χ3v) is 5.43. The van der Waals surface area contributed by atoms with E-state index in [1.807, 2.05) is 6.92 Å². The Morgan fingerprint density at radius 1 is 1.13 bits per heavy atom. The predicted molar refractivity (Wildman–Crippen MR) is 113 cm³/mol. The summed E-state index contributed by atoms with van der Waals surface area (Å²) in [6.07, 6.45) is 1.60. The zero-order valence-electron chi connectivity index (χ0n) is 16.1. The Morgan fingerprint density at radius 2 is 1.90 bits per heavy atom. The summed E-state index contributed by atoms with van der Waals surface area (Å²) >= 11 is 0. The molecule has 0 spiro atoms. The molecular formula is C19H18N6O4S. The van der Waals surface area contributed by atoms with Gasteiger partial charge in [-0.1, -0.05) is 12.1 Å². The molecule has 4 N–H and O–H groups in total. The van der Waals surface area contributed by atoms with Crippen molar-refractivity contribution >= 4 is 44.3 Å². The van der Waals surface area contributed by atoms with Crippen LogP contribution in [0.1, 0.15) is 5.56 Å². The van der Waals surface area contributed by atoms with Crippen LogP contribution >= 0.6 is 0 Å². The predicted octanol–water partition coefficient (Wildman–Crippen LogP) is 2.36. The quantitative estimate of drug-likeness (QED) is 0.441. The number of nitrogens with two attached hydrogens (primary N) is 1. The van der Waals surface area contributed by atoms with Crippen LogP contribution in [-0.4, -0.2) is 23.0 Å². The molecule has 0 saturated heterocycles. The summed E-state index contributed by atoms with van der Waals surface area (Å²) in [4.78, 5) is 20.3. The van der Waals surface area contributed by atoms with Gasteiger partial charge in [-0.25, -0.2) is 23.3 Å². The summed E-state index contributed by atoms with van der Waals surface area (Å²) in [5.41, 5.74) is 2.84. The van der Waals surface area contributed by atoms with Crippen LogP contribution in [-0.2, 0) is 17.1 Å². The molecule has 4 aromatic rings. The lowest BCUT2D eigenvalue weighted by Gasteiger charge is -2.12. The smallest absolute Gasteiger partial charge is 0.408 e. The van der Waals surface area contributed by atoms with Gasteiger partial charge in [0.1, 0.15) is 10.7 Å². The van der Waals surface area contributed by atoms with E-state index in [4.69, 9.17) is 9.56 Å². The maximum Gasteiger partial charge on any atom is 0.419 e. The fraction of sp³-hybridized carbons (Fsp3) is 0.105. The summed E-state index contributed by atoms with van der Waals surface area (Å²) in [5, 5.41) is 11.3. The molecular weight excluding hydrogens is 408 g/mol. The van der Waals surface area contributed by atoms with Gasteiger partial charge in [0.05, 0.1) is 11.2 Å². The Balaban J connectivity index is 1.67. The monoisotopic (exact) mass is 426 g/mol. The normalized spacial score (nSPS) is 11.6. The molecule has 2 heterocycles. The lowest BCUT2D eigenvalue weighted by molar-refractivity contribution is 0.528. The topological polar surface area (TPSA) is 145 Å². The minimum atomic E-state index is -3.91. The van der Waals surface area contributed by atoms with Gasteiger partial charge < -0.3 is 15.1 Å². The molecule has 0 bridgehead atoms. The van der Waals surface area contributed by atoms with Crippen LogP contribution in [0.5, 0.6) is 0 Å². The molecule has 0 atom stereocenters. The molecule has 0 unspecified atom stereocenters. The molecule has 2 aromatic carbocycles. The SMILES string of the molecule is Cc1cnc(Nc2ccccc2S(N)(=O)=O)nc1Nc1ccc2oc(=O)n(C)c2c1. The second-order valence-electron chi connectivity index (χ2n) is 6.63. The Bertz CT molecular complexity index is 1420. The first kappa shape index (κ1) is 19.6. The zero-order valence-corrected chi connectivity index (χ0v) is 16.9. The molecule has 4 rings (SSSR count). The molecule has 0 aliphatic carbocycles. The lowest BCUT2D eigenvalue weighted by Crippen LogP contribution is -2.14. The van der Waals surface area contributed by atoms with E-state index >= 15 is 0 Å². The van der Waals surface area contributed by atoms with Gasteiger partial charge in [-0.15, -0.1) is 0 Å². The van der Waals surface area contributed by atoms with Crippen LogP contribution < -0.4 is 21.5 Å². The van der Waals surface area contributed by atoms with Gasteiger partial charge in [-0.05, 0) is 37.3 Å². The number of rotatable bonds is 5. The molecule has 0 amide bonds. The van der Waals surface area contributed by atoms with E-state index in [2.05, 4.69) is 20.6 Å². The highest BCUT2D eigenvalue weighted by atomic mass is 32.2. The van der Waals surface area contributed by atoms with Crippen LogP contribution in [0.15, 0.2) is 62.8 Å². The summed E-state index contributed by atoms with van der Waals surface area (Å²) in [5.74, 6) is 0.254. The maximum absolute atomic E-state index is 11.8. The highest BCUT2D eigenvalue weighted by Crippen LogP contribution is 2.25. The van der Waals surface area contributed by atoms with Crippen molar-refractivity contribution in [1.29, 1.82) is 0 Å². The van der Waals surface area contributed by atoms with Crippen molar-refractivity contribution < 1.29 is 12.8 Å². The Morgan fingerprint density at radius 3 is 2.67 bits per heavy atom. The number of benzene rings is 2. The molecule has 2 aromatic heterocycles. The number of para-hydroxylation sites is 1. The minimum absolute atomic E-state index is 0.0602. The minimum Gasteiger partial charge on any atom is -0.408 e. The van der Waals surface area contributed by atoms with Crippen molar-refractivity contribution in [1.82, 2.24) is 14.5 Å². The van der Waals surface area contributed by atoms with Gasteiger partial charge in [0.2, 0.25) is 16.0 Å². The molecule has 10 nitrogen and oxygen atoms in total. The van der Waals surface area contributed by atoms with E-state index in [0.717, 1.165) is 5.56 Å². The number of primary sulfonamides is 1. The first-order valence-electron chi connectivity index (χ1n) is 8.81. The lowest BCUT2D eigenvalue weighted by atomic mass is 10.2. The second-order valence-corrected chi connectivity index (χ2v) is 8.16. The van der Waals surface area contributed by atoms with E-state index < -0.39 is 15.8 Å². The van der Waals surface area contributed by atoms with Crippen LogP contribution in [0.3, 0.4) is 0 Å². The summed E-state index contributed by atoms with van der Waals surface area (Å²) in [6.45, 7) is 1.83. The van der Waals surface area contributed by atoms with Gasteiger partial charge >= 0.3 is 5.76 Å². The van der Waals surface area contributed by atoms with Gasteiger partial charge in [-0.2, -0.15) is 4.98 Å². The third kappa shape index (κ3) is 3.75. The highest BCUT2D eigenvalue weighted by Gasteiger charge is 2.15. The van der Waals surface area contributed by atoms with E-state index in [0.29, 0.717) is 22.6 Å². The number of sulfonamides is 1. The molecule has 11 heteroatoms. The Kier molecular flexibility index (Phi) is 4.76. The van der Waals surface area contributed by atoms with Crippen molar-refractivity contribution in [2.75, 3.05) is 10.6 Å². The number of aromatic nitrogens is 3. The standard InChI is InChI=1S/C19H18N6O4S/c1-11-10-21-18(23-13-5-3-4-6-16(13)30(20,27)28)24-17(11)22-12-7-8-15-14(9-12)25(2)19(26)29-15/h3-10H,1-2H3,(H2,20,27,28)(H2,21,22,23,24). The van der Waals surface area contributed by atoms with Crippen molar-refractivity contribution in [3.8, 4) is 0 Å². The molecule has 0 aliphatic rings. The summed E-state index contributed by atoms with van der Waals surface area (Å²) < 4.78 is 30.1. The first-order valence-corrected chi connectivity index (χ1v) is 10.4. The van der Waals surface area contributed by atoms with Crippen molar-refractivity contribution in [3.63, 3.8) is 0 Å². The van der Waals surface area contributed by atoms with Crippen molar-refractivity contribution in [2.24, 2.45) is 12.2 Å². The number of hydrogen-bond acceptors (Lipinski definition) is 8. The number of hydrogen-bond donors (Lipinski definition) is 3. The fourth-order valence-electron chi connectivity index (χ4n) is 2.91. The number of oxazole rings is 1. The third-order valence-electron chi connectivity index (χ3n) is 4.47. The van der Waals surface area contributed by atoms with Gasteiger partial charge in [0.25, 0.3) is 0 Å². The number of nitrogens with zero attached hydrogens (tertiary/aromatic N) is 3. The van der Waals surface area contributed by atoms with Gasteiger partial charge in [-0.3, -0.25) is 4.57 Å². The molecule has 0 saturated carbocycles. The first-order chi connectivity index (χ1) is 14.2. The van der Waals surface area contributed by atoms with E-state index in [1.54, 1.807) is 49.6 Å². The van der Waals surface area contributed by atoms with E-state index in [-0.39, 0.29) is 16.5 Å². The van der Waals surface area contributed by atoms with E-state index in [1.165, 1.54) is 10.6 Å². The number of fused-ring (bicyclic) bond motifs is 1. The molecule has 30 heavy (non-hydrogen) atoms. The van der Waals surface area contributed by atoms with Crippen LogP contribution in [0, 0.1) is 6.92 Å². The van der Waals surface area contributed by atoms with Crippen molar-refractivity contribution in [3.05, 3.63) is 64.8 Å². The summed E-state index contributed by atoms with van der Waals surface area (Å²) in [6, 6.07) is 11.4. The Labute approximate surface area is 171 Å². The molecule has 0 fully saturated rings.